The second kappa shape index (κ2) is 4.26. The van der Waals surface area contributed by atoms with Crippen molar-refractivity contribution in [1.82, 2.24) is 10.2 Å². The van der Waals surface area contributed by atoms with Crippen molar-refractivity contribution >= 4 is 5.91 Å². The zero-order valence-electron chi connectivity index (χ0n) is 7.71. The Kier molecular flexibility index (Phi) is 3.29. The summed E-state index contributed by atoms with van der Waals surface area (Å²) < 4.78 is 0. The van der Waals surface area contributed by atoms with Gasteiger partial charge < -0.3 is 10.2 Å². The highest BCUT2D eigenvalue weighted by Crippen LogP contribution is 2.06. The minimum absolute atomic E-state index is 0.103. The number of amides is 1. The van der Waals surface area contributed by atoms with Gasteiger partial charge in [-0.1, -0.05) is 6.08 Å². The summed E-state index contributed by atoms with van der Waals surface area (Å²) in [4.78, 5) is 13.1. The van der Waals surface area contributed by atoms with Gasteiger partial charge in [0.05, 0.1) is 0 Å². The third-order valence-corrected chi connectivity index (χ3v) is 2.24. The maximum absolute atomic E-state index is 11.3. The zero-order valence-corrected chi connectivity index (χ0v) is 7.71. The third kappa shape index (κ3) is 2.08. The second-order valence-corrected chi connectivity index (χ2v) is 3.10. The van der Waals surface area contributed by atoms with E-state index in [4.69, 9.17) is 0 Å². The van der Waals surface area contributed by atoms with Crippen molar-refractivity contribution in [3.63, 3.8) is 0 Å². The molecule has 0 saturated carbocycles. The predicted molar refractivity (Wildman–Crippen MR) is 48.9 cm³/mol. The van der Waals surface area contributed by atoms with Crippen molar-refractivity contribution in [3.05, 3.63) is 12.2 Å². The van der Waals surface area contributed by atoms with E-state index >= 15 is 0 Å². The van der Waals surface area contributed by atoms with Crippen LogP contribution in [0.5, 0.6) is 0 Å². The first kappa shape index (κ1) is 9.26. The van der Waals surface area contributed by atoms with Crippen LogP contribution < -0.4 is 5.32 Å². The fourth-order valence-electron chi connectivity index (χ4n) is 1.41. The molecule has 3 heteroatoms. The molecule has 1 fully saturated rings. The van der Waals surface area contributed by atoms with Crippen LogP contribution in [-0.2, 0) is 4.79 Å². The summed E-state index contributed by atoms with van der Waals surface area (Å²) in [5, 5.41) is 3.23. The summed E-state index contributed by atoms with van der Waals surface area (Å²) in [6.07, 6.45) is 4.46. The number of rotatable bonds is 2. The molecular formula is C9H16N2O. The zero-order chi connectivity index (χ0) is 8.97. The SMILES string of the molecule is CC=CC(=O)N(C)C1CCNC1. The Hall–Kier alpha value is -0.830. The molecule has 0 aliphatic carbocycles. The molecule has 0 spiro atoms. The third-order valence-electron chi connectivity index (χ3n) is 2.24. The van der Waals surface area contributed by atoms with Gasteiger partial charge in [0.1, 0.15) is 0 Å². The first-order chi connectivity index (χ1) is 5.75. The average Bonchev–Trinajstić information content (AvgIpc) is 2.55. The molecule has 1 unspecified atom stereocenters. The number of carbonyl (C=O) groups excluding carboxylic acids is 1. The van der Waals surface area contributed by atoms with Crippen LogP contribution in [0.4, 0.5) is 0 Å². The van der Waals surface area contributed by atoms with Gasteiger partial charge in [-0.3, -0.25) is 4.79 Å². The van der Waals surface area contributed by atoms with Crippen LogP contribution in [0.15, 0.2) is 12.2 Å². The van der Waals surface area contributed by atoms with E-state index in [-0.39, 0.29) is 5.91 Å². The predicted octanol–water partition coefficient (Wildman–Crippen LogP) is 0.383. The number of hydrogen-bond acceptors (Lipinski definition) is 2. The molecule has 1 aliphatic rings. The molecule has 1 amide bonds. The topological polar surface area (TPSA) is 32.3 Å². The van der Waals surface area contributed by atoms with Gasteiger partial charge in [0, 0.05) is 19.6 Å². The lowest BCUT2D eigenvalue weighted by molar-refractivity contribution is -0.126. The largest absolute Gasteiger partial charge is 0.338 e. The number of allylic oxidation sites excluding steroid dienone is 1. The van der Waals surface area contributed by atoms with Crippen molar-refractivity contribution in [2.45, 2.75) is 19.4 Å². The Labute approximate surface area is 73.4 Å². The molecule has 12 heavy (non-hydrogen) atoms. The second-order valence-electron chi connectivity index (χ2n) is 3.10. The Morgan fingerprint density at radius 3 is 2.92 bits per heavy atom. The summed E-state index contributed by atoms with van der Waals surface area (Å²) in [6, 6.07) is 0.383. The van der Waals surface area contributed by atoms with Crippen LogP contribution in [0.25, 0.3) is 0 Å². The van der Waals surface area contributed by atoms with Gasteiger partial charge in [-0.05, 0) is 26.0 Å². The summed E-state index contributed by atoms with van der Waals surface area (Å²) in [5.41, 5.74) is 0. The monoisotopic (exact) mass is 168 g/mol. The lowest BCUT2D eigenvalue weighted by Gasteiger charge is -2.21. The van der Waals surface area contributed by atoms with Gasteiger partial charge in [-0.25, -0.2) is 0 Å². The molecule has 0 radical (unpaired) electrons. The fraction of sp³-hybridized carbons (Fsp3) is 0.667. The van der Waals surface area contributed by atoms with Crippen LogP contribution in [-0.4, -0.2) is 37.0 Å². The summed E-state index contributed by atoms with van der Waals surface area (Å²) in [5.74, 6) is 0.103. The van der Waals surface area contributed by atoms with Gasteiger partial charge in [-0.15, -0.1) is 0 Å². The van der Waals surface area contributed by atoms with Gasteiger partial charge in [0.25, 0.3) is 0 Å². The minimum Gasteiger partial charge on any atom is -0.338 e. The molecule has 1 N–H and O–H groups in total. The van der Waals surface area contributed by atoms with E-state index in [0.29, 0.717) is 6.04 Å². The lowest BCUT2D eigenvalue weighted by atomic mass is 10.2. The Balaban J connectivity index is 2.45. The Morgan fingerprint density at radius 1 is 1.67 bits per heavy atom. The quantitative estimate of drug-likeness (QED) is 0.605. The molecule has 0 bridgehead atoms. The molecule has 3 nitrogen and oxygen atoms in total. The number of hydrogen-bond donors (Lipinski definition) is 1. The van der Waals surface area contributed by atoms with Crippen LogP contribution in [0, 0.1) is 0 Å². The molecule has 1 heterocycles. The maximum Gasteiger partial charge on any atom is 0.246 e. The number of likely N-dealkylation sites (N-methyl/N-ethyl adjacent to an activating group) is 1. The smallest absolute Gasteiger partial charge is 0.246 e. The maximum atomic E-state index is 11.3. The average molecular weight is 168 g/mol. The van der Waals surface area contributed by atoms with E-state index in [1.807, 2.05) is 14.0 Å². The molecule has 68 valence electrons. The van der Waals surface area contributed by atoms with Gasteiger partial charge in [0.2, 0.25) is 5.91 Å². The molecule has 1 rings (SSSR count). The molecular weight excluding hydrogens is 152 g/mol. The minimum atomic E-state index is 0.103. The first-order valence-electron chi connectivity index (χ1n) is 4.36. The van der Waals surface area contributed by atoms with Crippen molar-refractivity contribution in [1.29, 1.82) is 0 Å². The van der Waals surface area contributed by atoms with E-state index in [9.17, 15) is 4.79 Å². The molecule has 0 aromatic carbocycles. The van der Waals surface area contributed by atoms with E-state index in [1.165, 1.54) is 0 Å². The van der Waals surface area contributed by atoms with Crippen molar-refractivity contribution in [2.75, 3.05) is 20.1 Å². The van der Waals surface area contributed by atoms with E-state index < -0.39 is 0 Å². The fourth-order valence-corrected chi connectivity index (χ4v) is 1.41. The Morgan fingerprint density at radius 2 is 2.42 bits per heavy atom. The van der Waals surface area contributed by atoms with Crippen LogP contribution in [0.2, 0.25) is 0 Å². The van der Waals surface area contributed by atoms with E-state index in [2.05, 4.69) is 5.32 Å². The van der Waals surface area contributed by atoms with Gasteiger partial charge in [-0.2, -0.15) is 0 Å². The van der Waals surface area contributed by atoms with Crippen LogP contribution >= 0.6 is 0 Å². The highest BCUT2D eigenvalue weighted by Gasteiger charge is 2.21. The standard InChI is InChI=1S/C9H16N2O/c1-3-4-9(12)11(2)8-5-6-10-7-8/h3-4,8,10H,5-7H2,1-2H3. The van der Waals surface area contributed by atoms with Crippen molar-refractivity contribution in [2.24, 2.45) is 0 Å². The number of nitrogens with one attached hydrogen (secondary N) is 1. The van der Waals surface area contributed by atoms with Gasteiger partial charge in [0.15, 0.2) is 0 Å². The van der Waals surface area contributed by atoms with Crippen LogP contribution in [0.1, 0.15) is 13.3 Å². The summed E-state index contributed by atoms with van der Waals surface area (Å²) in [7, 11) is 1.86. The lowest BCUT2D eigenvalue weighted by Crippen LogP contribution is -2.37. The van der Waals surface area contributed by atoms with Crippen molar-refractivity contribution < 1.29 is 4.79 Å². The van der Waals surface area contributed by atoms with E-state index in [1.54, 1.807) is 17.1 Å². The molecule has 1 saturated heterocycles. The number of nitrogens with zero attached hydrogens (tertiary/aromatic N) is 1. The molecule has 0 aromatic heterocycles. The van der Waals surface area contributed by atoms with E-state index in [0.717, 1.165) is 19.5 Å². The first-order valence-corrected chi connectivity index (χ1v) is 4.36. The molecule has 0 aromatic rings. The van der Waals surface area contributed by atoms with Crippen LogP contribution in [0.3, 0.4) is 0 Å². The Bertz CT molecular complexity index is 183. The summed E-state index contributed by atoms with van der Waals surface area (Å²) >= 11 is 0. The van der Waals surface area contributed by atoms with Gasteiger partial charge >= 0.3 is 0 Å². The summed E-state index contributed by atoms with van der Waals surface area (Å²) in [6.45, 7) is 3.82. The highest BCUT2D eigenvalue weighted by molar-refractivity contribution is 5.87. The molecule has 1 atom stereocenters. The normalized spacial score (nSPS) is 23.3. The number of carbonyl (C=O) groups is 1. The highest BCUT2D eigenvalue weighted by atomic mass is 16.2. The molecule has 1 aliphatic heterocycles. The van der Waals surface area contributed by atoms with Crippen molar-refractivity contribution in [3.8, 4) is 0 Å².